The number of pyridine rings is 1. The summed E-state index contributed by atoms with van der Waals surface area (Å²) in [5, 5.41) is 5.58. The Labute approximate surface area is 172 Å². The molecular weight excluding hydrogens is 463 g/mol. The second-order valence-corrected chi connectivity index (χ2v) is 9.62. The molecule has 1 N–H and O–H groups in total. The molecule has 0 radical (unpaired) electrons. The Bertz CT molecular complexity index is 907. The molecule has 0 bridgehead atoms. The molecule has 0 spiro atoms. The number of nitrogens with zero attached hydrogens (tertiary/aromatic N) is 3. The molecular formula is C18H25IN4O2S. The Morgan fingerprint density at radius 3 is 2.73 bits per heavy atom. The summed E-state index contributed by atoms with van der Waals surface area (Å²) < 4.78 is 23.6. The van der Waals surface area contributed by atoms with Crippen LogP contribution in [-0.2, 0) is 16.4 Å². The normalized spacial score (nSPS) is 19.0. The molecule has 1 aliphatic heterocycles. The molecule has 1 fully saturated rings. The van der Waals surface area contributed by atoms with E-state index in [0.717, 1.165) is 16.5 Å². The lowest BCUT2D eigenvalue weighted by atomic mass is 10.1. The molecule has 1 aromatic carbocycles. The molecule has 3 rings (SSSR count). The maximum atomic E-state index is 12.2. The summed E-state index contributed by atoms with van der Waals surface area (Å²) in [6.07, 6.45) is 1.80. The minimum Gasteiger partial charge on any atom is -0.351 e. The minimum absolute atomic E-state index is 0. The van der Waals surface area contributed by atoms with Crippen LogP contribution in [0.2, 0.25) is 0 Å². The van der Waals surface area contributed by atoms with Crippen molar-refractivity contribution in [2.24, 2.45) is 4.99 Å². The van der Waals surface area contributed by atoms with Crippen molar-refractivity contribution in [3.8, 4) is 0 Å². The van der Waals surface area contributed by atoms with Gasteiger partial charge in [0.25, 0.3) is 0 Å². The van der Waals surface area contributed by atoms with Gasteiger partial charge >= 0.3 is 0 Å². The molecule has 2 aromatic rings. The fourth-order valence-corrected chi connectivity index (χ4v) is 4.51. The van der Waals surface area contributed by atoms with E-state index in [4.69, 9.17) is 0 Å². The van der Waals surface area contributed by atoms with Gasteiger partial charge in [0, 0.05) is 31.7 Å². The number of aromatic nitrogens is 1. The summed E-state index contributed by atoms with van der Waals surface area (Å²) in [6, 6.07) is 10.1. The highest BCUT2D eigenvalue weighted by Gasteiger charge is 2.40. The molecule has 0 aliphatic carbocycles. The highest BCUT2D eigenvalue weighted by Crippen LogP contribution is 2.24. The van der Waals surface area contributed by atoms with Gasteiger partial charge in [0.15, 0.2) is 15.8 Å². The second kappa shape index (κ2) is 8.08. The molecule has 0 amide bonds. The Hall–Kier alpha value is -1.42. The Morgan fingerprint density at radius 2 is 2.04 bits per heavy atom. The molecule has 0 unspecified atom stereocenters. The quantitative estimate of drug-likeness (QED) is 0.400. The maximum Gasteiger partial charge on any atom is 0.194 e. The Kier molecular flexibility index (Phi) is 6.49. The van der Waals surface area contributed by atoms with Crippen LogP contribution in [0.15, 0.2) is 41.5 Å². The van der Waals surface area contributed by atoms with Crippen molar-refractivity contribution in [2.45, 2.75) is 25.1 Å². The first-order chi connectivity index (χ1) is 11.8. The summed E-state index contributed by atoms with van der Waals surface area (Å²) in [6.45, 7) is 4.96. The van der Waals surface area contributed by atoms with Crippen LogP contribution in [0.5, 0.6) is 0 Å². The van der Waals surface area contributed by atoms with Gasteiger partial charge in [-0.1, -0.05) is 24.3 Å². The monoisotopic (exact) mass is 488 g/mol. The molecule has 0 atom stereocenters. The van der Waals surface area contributed by atoms with E-state index < -0.39 is 14.6 Å². The highest BCUT2D eigenvalue weighted by molar-refractivity contribution is 14.0. The van der Waals surface area contributed by atoms with Crippen molar-refractivity contribution in [3.05, 3.63) is 42.2 Å². The fraction of sp³-hybridized carbons (Fsp3) is 0.444. The first-order valence-corrected chi connectivity index (χ1v) is 10.00. The molecule has 1 aromatic heterocycles. The minimum atomic E-state index is -3.07. The lowest BCUT2D eigenvalue weighted by Crippen LogP contribution is -2.57. The largest absolute Gasteiger partial charge is 0.351 e. The molecule has 6 nitrogen and oxygen atoms in total. The van der Waals surface area contributed by atoms with Crippen LogP contribution >= 0.6 is 24.0 Å². The van der Waals surface area contributed by atoms with E-state index in [9.17, 15) is 8.42 Å². The number of halogens is 1. The molecule has 8 heteroatoms. The topological polar surface area (TPSA) is 74.7 Å². The van der Waals surface area contributed by atoms with Gasteiger partial charge in [-0.15, -0.1) is 24.0 Å². The van der Waals surface area contributed by atoms with Crippen molar-refractivity contribution in [3.63, 3.8) is 0 Å². The number of sulfone groups is 1. The third-order valence-corrected chi connectivity index (χ3v) is 7.26. The van der Waals surface area contributed by atoms with Gasteiger partial charge in [0.05, 0.1) is 22.7 Å². The number of hydrogen-bond donors (Lipinski definition) is 1. The van der Waals surface area contributed by atoms with Crippen LogP contribution in [0.4, 0.5) is 0 Å². The van der Waals surface area contributed by atoms with E-state index in [1.807, 2.05) is 23.1 Å². The maximum absolute atomic E-state index is 12.2. The number of guanidine groups is 1. The van der Waals surface area contributed by atoms with E-state index >= 15 is 0 Å². The summed E-state index contributed by atoms with van der Waals surface area (Å²) in [7, 11) is -1.35. The smallest absolute Gasteiger partial charge is 0.194 e. The summed E-state index contributed by atoms with van der Waals surface area (Å²) in [5.41, 5.74) is 0.947. The predicted octanol–water partition coefficient (Wildman–Crippen LogP) is 2.44. The van der Waals surface area contributed by atoms with Gasteiger partial charge < -0.3 is 10.2 Å². The molecule has 26 heavy (non-hydrogen) atoms. The van der Waals surface area contributed by atoms with Crippen LogP contribution in [0.3, 0.4) is 0 Å². The van der Waals surface area contributed by atoms with Crippen LogP contribution in [0.1, 0.15) is 19.5 Å². The summed E-state index contributed by atoms with van der Waals surface area (Å²) >= 11 is 0. The van der Waals surface area contributed by atoms with Gasteiger partial charge in [-0.05, 0) is 25.3 Å². The first kappa shape index (κ1) is 20.9. The van der Waals surface area contributed by atoms with Crippen LogP contribution in [0.25, 0.3) is 10.8 Å². The van der Waals surface area contributed by atoms with E-state index in [2.05, 4.69) is 27.4 Å². The van der Waals surface area contributed by atoms with Crippen LogP contribution < -0.4 is 5.32 Å². The van der Waals surface area contributed by atoms with Crippen LogP contribution in [-0.4, -0.2) is 54.9 Å². The molecule has 1 saturated heterocycles. The van der Waals surface area contributed by atoms with Gasteiger partial charge in [0.2, 0.25) is 0 Å². The van der Waals surface area contributed by atoms with E-state index in [1.165, 1.54) is 0 Å². The lowest BCUT2D eigenvalue weighted by molar-refractivity contribution is 0.353. The molecule has 142 valence electrons. The molecule has 2 heterocycles. The standard InChI is InChI=1S/C18H24N4O2S.HI/c1-18(2)13-22(10-11-25(18,23)24)17(19-3)21-12-16-15-7-5-4-6-14(15)8-9-20-16;/h4-9H,10-13H2,1-3H3,(H,19,21);1H. The van der Waals surface area contributed by atoms with Gasteiger partial charge in [0.1, 0.15) is 0 Å². The third kappa shape index (κ3) is 4.11. The van der Waals surface area contributed by atoms with E-state index in [-0.39, 0.29) is 29.7 Å². The highest BCUT2D eigenvalue weighted by atomic mass is 127. The number of fused-ring (bicyclic) bond motifs is 1. The van der Waals surface area contributed by atoms with E-state index in [0.29, 0.717) is 25.6 Å². The number of aliphatic imine (C=N–C) groups is 1. The molecule has 0 saturated carbocycles. The molecule has 1 aliphatic rings. The first-order valence-electron chi connectivity index (χ1n) is 8.34. The summed E-state index contributed by atoms with van der Waals surface area (Å²) in [4.78, 5) is 10.8. The van der Waals surface area contributed by atoms with Crippen molar-refractivity contribution in [1.82, 2.24) is 15.2 Å². The predicted molar refractivity (Wildman–Crippen MR) is 117 cm³/mol. The zero-order valence-corrected chi connectivity index (χ0v) is 18.4. The van der Waals surface area contributed by atoms with Crippen LogP contribution in [0, 0.1) is 0 Å². The summed E-state index contributed by atoms with van der Waals surface area (Å²) in [5.74, 6) is 0.852. The van der Waals surface area contributed by atoms with Gasteiger partial charge in [-0.25, -0.2) is 8.42 Å². The Balaban J connectivity index is 0.00000243. The van der Waals surface area contributed by atoms with Crippen molar-refractivity contribution in [2.75, 3.05) is 25.9 Å². The van der Waals surface area contributed by atoms with Crippen molar-refractivity contribution < 1.29 is 8.42 Å². The Morgan fingerprint density at radius 1 is 1.31 bits per heavy atom. The van der Waals surface area contributed by atoms with Crippen molar-refractivity contribution >= 4 is 50.5 Å². The average molecular weight is 488 g/mol. The number of hydrogen-bond acceptors (Lipinski definition) is 4. The fourth-order valence-electron chi connectivity index (χ4n) is 3.14. The SMILES string of the molecule is CN=C(NCc1nccc2ccccc12)N1CCS(=O)(=O)C(C)(C)C1.I. The number of rotatable bonds is 2. The number of nitrogens with one attached hydrogen (secondary N) is 1. The third-order valence-electron chi connectivity index (χ3n) is 4.72. The lowest BCUT2D eigenvalue weighted by Gasteiger charge is -2.39. The zero-order valence-electron chi connectivity index (χ0n) is 15.3. The van der Waals surface area contributed by atoms with Gasteiger partial charge in [-0.3, -0.25) is 9.98 Å². The van der Waals surface area contributed by atoms with Crippen molar-refractivity contribution in [1.29, 1.82) is 0 Å². The number of benzene rings is 1. The second-order valence-electron chi connectivity index (χ2n) is 6.88. The van der Waals surface area contributed by atoms with E-state index in [1.54, 1.807) is 27.1 Å². The zero-order chi connectivity index (χ0) is 18.1. The van der Waals surface area contributed by atoms with Gasteiger partial charge in [-0.2, -0.15) is 0 Å². The average Bonchev–Trinajstić information content (AvgIpc) is 2.58.